The van der Waals surface area contributed by atoms with Crippen LogP contribution in [0.15, 0.2) is 24.4 Å². The highest BCUT2D eigenvalue weighted by Gasteiger charge is 2.13. The Bertz CT molecular complexity index is 575. The summed E-state index contributed by atoms with van der Waals surface area (Å²) in [6.07, 6.45) is 4.17. The molecule has 0 fully saturated rings. The lowest BCUT2D eigenvalue weighted by atomic mass is 9.98. The Balaban J connectivity index is 2.47. The Hall–Kier alpha value is -1.32. The van der Waals surface area contributed by atoms with Gasteiger partial charge in [-0.25, -0.2) is 0 Å². The normalized spacial score (nSPS) is 11.0. The Morgan fingerprint density at radius 2 is 2.05 bits per heavy atom. The molecule has 0 saturated heterocycles. The first kappa shape index (κ1) is 15.1. The number of aryl methyl sites for hydroxylation is 2. The van der Waals surface area contributed by atoms with Gasteiger partial charge in [0.1, 0.15) is 0 Å². The van der Waals surface area contributed by atoms with Crippen LogP contribution >= 0.6 is 11.6 Å². The molecular weight excluding hydrogens is 270 g/mol. The Labute approximate surface area is 126 Å². The molecule has 3 nitrogen and oxygen atoms in total. The van der Waals surface area contributed by atoms with Gasteiger partial charge >= 0.3 is 0 Å². The van der Waals surface area contributed by atoms with Crippen molar-refractivity contribution < 1.29 is 0 Å². The Morgan fingerprint density at radius 3 is 2.75 bits per heavy atom. The van der Waals surface area contributed by atoms with Crippen LogP contribution in [0.3, 0.4) is 0 Å². The summed E-state index contributed by atoms with van der Waals surface area (Å²) in [4.78, 5) is 0. The molecule has 1 N–H and O–H groups in total. The summed E-state index contributed by atoms with van der Waals surface area (Å²) in [6, 6.07) is 6.10. The number of hydrogen-bond donors (Lipinski definition) is 1. The first-order chi connectivity index (χ1) is 9.65. The van der Waals surface area contributed by atoms with Gasteiger partial charge < -0.3 is 5.32 Å². The van der Waals surface area contributed by atoms with Gasteiger partial charge in [-0.2, -0.15) is 5.10 Å². The summed E-state index contributed by atoms with van der Waals surface area (Å²) in [7, 11) is 1.97. The molecule has 20 heavy (non-hydrogen) atoms. The number of nitrogens with one attached hydrogen (secondary N) is 1. The minimum atomic E-state index is 0.770. The second-order valence-electron chi connectivity index (χ2n) is 4.99. The third kappa shape index (κ3) is 3.41. The van der Waals surface area contributed by atoms with Crippen LogP contribution < -0.4 is 5.32 Å². The Morgan fingerprint density at radius 1 is 1.25 bits per heavy atom. The minimum Gasteiger partial charge on any atom is -0.313 e. The Kier molecular flexibility index (Phi) is 5.21. The zero-order chi connectivity index (χ0) is 14.5. The van der Waals surface area contributed by atoms with Gasteiger partial charge in [0, 0.05) is 30.4 Å². The summed E-state index contributed by atoms with van der Waals surface area (Å²) >= 11 is 6.19. The summed E-state index contributed by atoms with van der Waals surface area (Å²) < 4.78 is 1.89. The van der Waals surface area contributed by atoms with E-state index in [1.807, 2.05) is 23.9 Å². The van der Waals surface area contributed by atoms with Gasteiger partial charge in [0.25, 0.3) is 0 Å². The predicted molar refractivity (Wildman–Crippen MR) is 85.0 cm³/mol. The van der Waals surface area contributed by atoms with E-state index in [-0.39, 0.29) is 0 Å². The van der Waals surface area contributed by atoms with Gasteiger partial charge in [0.05, 0.1) is 5.69 Å². The maximum Gasteiger partial charge on any atom is 0.0702 e. The second-order valence-corrected chi connectivity index (χ2v) is 5.43. The second kappa shape index (κ2) is 6.91. The summed E-state index contributed by atoms with van der Waals surface area (Å²) in [5, 5.41) is 8.73. The number of nitrogens with zero attached hydrogens (tertiary/aromatic N) is 2. The van der Waals surface area contributed by atoms with Crippen molar-refractivity contribution >= 4 is 11.6 Å². The van der Waals surface area contributed by atoms with Gasteiger partial charge in [-0.3, -0.25) is 4.68 Å². The molecular formula is C16H22ClN3. The fourth-order valence-corrected chi connectivity index (χ4v) is 2.57. The highest BCUT2D eigenvalue weighted by Crippen LogP contribution is 2.30. The maximum absolute atomic E-state index is 6.19. The lowest BCUT2D eigenvalue weighted by molar-refractivity contribution is 0.727. The molecule has 0 bridgehead atoms. The largest absolute Gasteiger partial charge is 0.313 e. The van der Waals surface area contributed by atoms with E-state index in [0.717, 1.165) is 36.6 Å². The van der Waals surface area contributed by atoms with Crippen LogP contribution in [-0.4, -0.2) is 16.3 Å². The number of hydrogen-bond acceptors (Lipinski definition) is 2. The van der Waals surface area contributed by atoms with Crippen molar-refractivity contribution in [1.82, 2.24) is 15.1 Å². The van der Waals surface area contributed by atoms with Crippen molar-refractivity contribution in [2.24, 2.45) is 7.05 Å². The lowest BCUT2D eigenvalue weighted by Gasteiger charge is -2.10. The molecule has 0 amide bonds. The fraction of sp³-hybridized carbons (Fsp3) is 0.438. The number of benzene rings is 1. The molecule has 0 saturated carbocycles. The van der Waals surface area contributed by atoms with Crippen LogP contribution in [-0.2, 0) is 20.0 Å². The van der Waals surface area contributed by atoms with Crippen LogP contribution in [0.1, 0.15) is 31.5 Å². The van der Waals surface area contributed by atoms with Crippen LogP contribution in [0, 0.1) is 0 Å². The molecule has 0 radical (unpaired) electrons. The van der Waals surface area contributed by atoms with Gasteiger partial charge in [-0.1, -0.05) is 37.9 Å². The third-order valence-electron chi connectivity index (χ3n) is 3.32. The van der Waals surface area contributed by atoms with Crippen LogP contribution in [0.2, 0.25) is 5.02 Å². The summed E-state index contributed by atoms with van der Waals surface area (Å²) in [5.74, 6) is 0. The van der Waals surface area contributed by atoms with E-state index in [1.165, 1.54) is 16.7 Å². The fourth-order valence-electron chi connectivity index (χ4n) is 2.39. The molecule has 0 unspecified atom stereocenters. The monoisotopic (exact) mass is 291 g/mol. The van der Waals surface area contributed by atoms with Crippen molar-refractivity contribution in [3.8, 4) is 11.1 Å². The predicted octanol–water partition coefficient (Wildman–Crippen LogP) is 3.80. The molecule has 1 aromatic heterocycles. The SMILES string of the molecule is CCCc1nn(C)cc1-c1cc(Cl)ccc1CNCC. The zero-order valence-corrected chi connectivity index (χ0v) is 13.2. The molecule has 0 atom stereocenters. The first-order valence-corrected chi connectivity index (χ1v) is 7.55. The summed E-state index contributed by atoms with van der Waals surface area (Å²) in [6.45, 7) is 6.10. The van der Waals surface area contributed by atoms with E-state index < -0.39 is 0 Å². The van der Waals surface area contributed by atoms with Crippen LogP contribution in [0.4, 0.5) is 0 Å². The molecule has 1 heterocycles. The average molecular weight is 292 g/mol. The molecule has 0 aliphatic rings. The quantitative estimate of drug-likeness (QED) is 0.877. The standard InChI is InChI=1S/C16H22ClN3/c1-4-6-16-15(11-20(3)19-16)14-9-13(17)8-7-12(14)10-18-5-2/h7-9,11,18H,4-6,10H2,1-3H3. The van der Waals surface area contributed by atoms with E-state index in [9.17, 15) is 0 Å². The highest BCUT2D eigenvalue weighted by atomic mass is 35.5. The highest BCUT2D eigenvalue weighted by molar-refractivity contribution is 6.30. The topological polar surface area (TPSA) is 29.9 Å². The molecule has 0 spiro atoms. The zero-order valence-electron chi connectivity index (χ0n) is 12.4. The van der Waals surface area contributed by atoms with Crippen molar-refractivity contribution in [2.75, 3.05) is 6.54 Å². The molecule has 4 heteroatoms. The van der Waals surface area contributed by atoms with E-state index >= 15 is 0 Å². The van der Waals surface area contributed by atoms with Crippen LogP contribution in [0.25, 0.3) is 11.1 Å². The number of rotatable bonds is 6. The van der Waals surface area contributed by atoms with E-state index in [1.54, 1.807) is 0 Å². The van der Waals surface area contributed by atoms with Crippen LogP contribution in [0.5, 0.6) is 0 Å². The number of halogens is 1. The number of aromatic nitrogens is 2. The average Bonchev–Trinajstić information content (AvgIpc) is 2.78. The minimum absolute atomic E-state index is 0.770. The summed E-state index contributed by atoms with van der Waals surface area (Å²) in [5.41, 5.74) is 4.80. The van der Waals surface area contributed by atoms with Gasteiger partial charge in [0.15, 0.2) is 0 Å². The molecule has 0 aliphatic carbocycles. The lowest BCUT2D eigenvalue weighted by Crippen LogP contribution is -2.12. The van der Waals surface area contributed by atoms with Gasteiger partial charge in [-0.15, -0.1) is 0 Å². The van der Waals surface area contributed by atoms with E-state index in [4.69, 9.17) is 11.6 Å². The third-order valence-corrected chi connectivity index (χ3v) is 3.55. The smallest absolute Gasteiger partial charge is 0.0702 e. The molecule has 2 aromatic rings. The maximum atomic E-state index is 6.19. The molecule has 108 valence electrons. The van der Waals surface area contributed by atoms with Crippen molar-refractivity contribution in [3.63, 3.8) is 0 Å². The first-order valence-electron chi connectivity index (χ1n) is 7.17. The van der Waals surface area contributed by atoms with E-state index in [2.05, 4.69) is 36.5 Å². The van der Waals surface area contributed by atoms with Crippen molar-refractivity contribution in [2.45, 2.75) is 33.2 Å². The van der Waals surface area contributed by atoms with Crippen molar-refractivity contribution in [3.05, 3.63) is 40.7 Å². The van der Waals surface area contributed by atoms with E-state index in [0.29, 0.717) is 0 Å². The van der Waals surface area contributed by atoms with Crippen molar-refractivity contribution in [1.29, 1.82) is 0 Å². The molecule has 1 aromatic carbocycles. The van der Waals surface area contributed by atoms with Gasteiger partial charge in [0.2, 0.25) is 0 Å². The molecule has 2 rings (SSSR count). The molecule has 0 aliphatic heterocycles. The van der Waals surface area contributed by atoms with Gasteiger partial charge in [-0.05, 0) is 36.2 Å².